The number of ether oxygens (including phenoxy) is 6. The van der Waals surface area contributed by atoms with Crippen molar-refractivity contribution in [2.24, 2.45) is 0 Å². The summed E-state index contributed by atoms with van der Waals surface area (Å²) < 4.78 is 32.9. The van der Waals surface area contributed by atoms with E-state index in [0.717, 1.165) is 34.8 Å². The monoisotopic (exact) mass is 518 g/mol. The third-order valence-electron chi connectivity index (χ3n) is 5.88. The second-order valence-corrected chi connectivity index (χ2v) is 7.91. The summed E-state index contributed by atoms with van der Waals surface area (Å²) in [6.45, 7) is 0. The van der Waals surface area contributed by atoms with Gasteiger partial charge in [0.05, 0.1) is 53.8 Å². The van der Waals surface area contributed by atoms with E-state index in [0.29, 0.717) is 45.6 Å². The Kier molecular flexibility index (Phi) is 9.54. The lowest BCUT2D eigenvalue weighted by Crippen LogP contribution is -1.96. The van der Waals surface area contributed by atoms with Crippen LogP contribution < -0.4 is 28.4 Å². The van der Waals surface area contributed by atoms with E-state index in [1.54, 1.807) is 38.5 Å². The molecule has 3 rings (SSSR count). The molecule has 0 bridgehead atoms. The molecular weight excluding hydrogens is 488 g/mol. The zero-order chi connectivity index (χ0) is 27.7. The van der Waals surface area contributed by atoms with E-state index < -0.39 is 0 Å². The number of carbonyl (C=O) groups is 2. The number of hydrogen-bond acceptors (Lipinski definition) is 8. The van der Waals surface area contributed by atoms with Gasteiger partial charge < -0.3 is 28.4 Å². The number of carbonyl (C=O) groups excluding carboxylic acids is 2. The Hall–Kier alpha value is -4.72. The number of rotatable bonds is 12. The van der Waals surface area contributed by atoms with Crippen molar-refractivity contribution in [1.82, 2.24) is 0 Å². The Morgan fingerprint density at radius 3 is 0.737 bits per heavy atom. The van der Waals surface area contributed by atoms with Crippen LogP contribution in [0.2, 0.25) is 0 Å². The minimum atomic E-state index is 0.395. The van der Waals surface area contributed by atoms with Gasteiger partial charge >= 0.3 is 0 Å². The van der Waals surface area contributed by atoms with Gasteiger partial charge in [-0.3, -0.25) is 9.59 Å². The van der Waals surface area contributed by atoms with Crippen molar-refractivity contribution >= 4 is 36.9 Å². The maximum absolute atomic E-state index is 11.4. The first-order valence-corrected chi connectivity index (χ1v) is 11.5. The molecule has 0 spiro atoms. The maximum Gasteiger partial charge on any atom is 0.153 e. The summed E-state index contributed by atoms with van der Waals surface area (Å²) in [5.74, 6) is 3.16. The van der Waals surface area contributed by atoms with Crippen molar-refractivity contribution in [3.05, 3.63) is 69.8 Å². The van der Waals surface area contributed by atoms with E-state index in [2.05, 4.69) is 0 Å². The van der Waals surface area contributed by atoms with Gasteiger partial charge in [0, 0.05) is 22.3 Å². The topological polar surface area (TPSA) is 89.5 Å². The van der Waals surface area contributed by atoms with Crippen LogP contribution in [-0.2, 0) is 0 Å². The Bertz CT molecular complexity index is 1270. The quantitative estimate of drug-likeness (QED) is 0.223. The Balaban J connectivity index is 2.03. The largest absolute Gasteiger partial charge is 0.496 e. The van der Waals surface area contributed by atoms with E-state index in [1.807, 2.05) is 36.4 Å². The molecule has 38 heavy (non-hydrogen) atoms. The van der Waals surface area contributed by atoms with Gasteiger partial charge in [0.15, 0.2) is 12.6 Å². The SMILES string of the molecule is COc1cc(/C=C/c2cc(OC)c(/C=C/c3cc(OC)c(C=O)cc3OC)cc2OC)c(OC)cc1C=O. The molecule has 3 aromatic rings. The molecule has 0 aromatic heterocycles. The van der Waals surface area contributed by atoms with Gasteiger partial charge in [-0.25, -0.2) is 0 Å². The standard InChI is InChI=1S/C30H30O8/c1-33-25-11-20(8-10-22-14-30(38-6)24(18-32)16-28(22)36-4)26(34-2)12-19(25)7-9-21-13-29(37-5)23(17-31)15-27(21)35-3/h7-18H,1-6H3/b9-7+,10-8+. The van der Waals surface area contributed by atoms with Crippen molar-refractivity contribution in [3.8, 4) is 34.5 Å². The summed E-state index contributed by atoms with van der Waals surface area (Å²) in [5, 5.41) is 0. The zero-order valence-electron chi connectivity index (χ0n) is 22.2. The molecule has 8 heteroatoms. The summed E-state index contributed by atoms with van der Waals surface area (Å²) in [5.41, 5.74) is 3.76. The molecule has 0 aliphatic rings. The third kappa shape index (κ3) is 5.98. The highest BCUT2D eigenvalue weighted by Crippen LogP contribution is 2.35. The predicted octanol–water partition coefficient (Wildman–Crippen LogP) is 5.70. The van der Waals surface area contributed by atoms with Gasteiger partial charge in [-0.15, -0.1) is 0 Å². The first-order valence-electron chi connectivity index (χ1n) is 11.5. The Morgan fingerprint density at radius 2 is 0.553 bits per heavy atom. The first kappa shape index (κ1) is 27.9. The van der Waals surface area contributed by atoms with Crippen LogP contribution in [0, 0.1) is 0 Å². The van der Waals surface area contributed by atoms with Gasteiger partial charge in [0.1, 0.15) is 34.5 Å². The average molecular weight is 519 g/mol. The van der Waals surface area contributed by atoms with Crippen LogP contribution >= 0.6 is 0 Å². The fourth-order valence-electron chi connectivity index (χ4n) is 3.90. The van der Waals surface area contributed by atoms with Crippen molar-refractivity contribution in [3.63, 3.8) is 0 Å². The van der Waals surface area contributed by atoms with Crippen LogP contribution in [0.4, 0.5) is 0 Å². The highest BCUT2D eigenvalue weighted by molar-refractivity contribution is 5.86. The van der Waals surface area contributed by atoms with Crippen molar-refractivity contribution in [2.45, 2.75) is 0 Å². The van der Waals surface area contributed by atoms with Crippen molar-refractivity contribution < 1.29 is 38.0 Å². The number of hydrogen-bond donors (Lipinski definition) is 0. The molecule has 0 saturated carbocycles. The van der Waals surface area contributed by atoms with E-state index in [1.165, 1.54) is 28.4 Å². The molecule has 0 saturated heterocycles. The molecule has 0 atom stereocenters. The summed E-state index contributed by atoms with van der Waals surface area (Å²) in [6, 6.07) is 10.4. The molecule has 0 fully saturated rings. The number of methoxy groups -OCH3 is 6. The van der Waals surface area contributed by atoms with Crippen LogP contribution in [0.25, 0.3) is 24.3 Å². The summed E-state index contributed by atoms with van der Waals surface area (Å²) >= 11 is 0. The number of benzene rings is 3. The second-order valence-electron chi connectivity index (χ2n) is 7.91. The first-order chi connectivity index (χ1) is 18.5. The number of aldehydes is 2. The minimum Gasteiger partial charge on any atom is -0.496 e. The molecule has 3 aromatic carbocycles. The summed E-state index contributed by atoms with van der Waals surface area (Å²) in [7, 11) is 9.25. The lowest BCUT2D eigenvalue weighted by Gasteiger charge is -2.13. The second kappa shape index (κ2) is 13.0. The zero-order valence-corrected chi connectivity index (χ0v) is 22.2. The Morgan fingerprint density at radius 1 is 0.368 bits per heavy atom. The van der Waals surface area contributed by atoms with Gasteiger partial charge in [0.25, 0.3) is 0 Å². The molecule has 0 radical (unpaired) electrons. The smallest absolute Gasteiger partial charge is 0.153 e. The summed E-state index contributed by atoms with van der Waals surface area (Å²) in [4.78, 5) is 22.7. The van der Waals surface area contributed by atoms with E-state index in [-0.39, 0.29) is 0 Å². The highest BCUT2D eigenvalue weighted by atomic mass is 16.5. The molecular formula is C30H30O8. The van der Waals surface area contributed by atoms with Gasteiger partial charge in [-0.1, -0.05) is 24.3 Å². The lowest BCUT2D eigenvalue weighted by atomic mass is 10.0. The van der Waals surface area contributed by atoms with Crippen LogP contribution in [0.15, 0.2) is 36.4 Å². The summed E-state index contributed by atoms with van der Waals surface area (Å²) in [6.07, 6.45) is 8.84. The van der Waals surface area contributed by atoms with E-state index in [4.69, 9.17) is 28.4 Å². The molecule has 0 aliphatic heterocycles. The molecule has 0 N–H and O–H groups in total. The maximum atomic E-state index is 11.4. The average Bonchev–Trinajstić information content (AvgIpc) is 2.97. The molecule has 0 amide bonds. The lowest BCUT2D eigenvalue weighted by molar-refractivity contribution is 0.111. The van der Waals surface area contributed by atoms with E-state index >= 15 is 0 Å². The van der Waals surface area contributed by atoms with Crippen LogP contribution in [0.1, 0.15) is 43.0 Å². The molecule has 198 valence electrons. The normalized spacial score (nSPS) is 10.9. The van der Waals surface area contributed by atoms with Crippen LogP contribution in [0.3, 0.4) is 0 Å². The fourth-order valence-corrected chi connectivity index (χ4v) is 3.90. The molecule has 0 unspecified atom stereocenters. The molecule has 8 nitrogen and oxygen atoms in total. The minimum absolute atomic E-state index is 0.395. The van der Waals surface area contributed by atoms with Crippen molar-refractivity contribution in [2.75, 3.05) is 42.7 Å². The van der Waals surface area contributed by atoms with Crippen molar-refractivity contribution in [1.29, 1.82) is 0 Å². The van der Waals surface area contributed by atoms with Gasteiger partial charge in [-0.05, 0) is 36.4 Å². The van der Waals surface area contributed by atoms with Gasteiger partial charge in [-0.2, -0.15) is 0 Å². The highest BCUT2D eigenvalue weighted by Gasteiger charge is 2.13. The fraction of sp³-hybridized carbons (Fsp3) is 0.200. The van der Waals surface area contributed by atoms with Crippen LogP contribution in [0.5, 0.6) is 34.5 Å². The molecule has 0 heterocycles. The Labute approximate surface area is 222 Å². The van der Waals surface area contributed by atoms with Gasteiger partial charge in [0.2, 0.25) is 0 Å². The van der Waals surface area contributed by atoms with E-state index in [9.17, 15) is 9.59 Å². The predicted molar refractivity (Wildman–Crippen MR) is 147 cm³/mol. The third-order valence-corrected chi connectivity index (χ3v) is 5.88. The van der Waals surface area contributed by atoms with Crippen LogP contribution in [-0.4, -0.2) is 55.2 Å². The molecule has 0 aliphatic carbocycles.